The third-order valence-corrected chi connectivity index (χ3v) is 8.45. The molecule has 0 bridgehead atoms. The fraction of sp³-hybridized carbons (Fsp3) is 0.364. The lowest BCUT2D eigenvalue weighted by molar-refractivity contribution is 0.101. The third kappa shape index (κ3) is 3.99. The zero-order chi connectivity index (χ0) is 21.5. The van der Waals surface area contributed by atoms with E-state index in [1.54, 1.807) is 23.5 Å². The van der Waals surface area contributed by atoms with Gasteiger partial charge in [0, 0.05) is 18.7 Å². The molecule has 2 aromatic carbocycles. The lowest BCUT2D eigenvalue weighted by Gasteiger charge is -2.30. The van der Waals surface area contributed by atoms with Crippen LogP contribution in [-0.4, -0.2) is 42.7 Å². The van der Waals surface area contributed by atoms with Gasteiger partial charge in [-0.3, -0.25) is 4.79 Å². The fourth-order valence-corrected chi connectivity index (χ4v) is 6.19. The van der Waals surface area contributed by atoms with E-state index in [1.165, 1.54) is 28.9 Å². The standard InChI is InChI=1S/C22H24N2O4S2/c1-14-7-8-15(2)21-20(14)23-22(29-21)28-18-9-11-24(12-10-18)30(26,27)19-6-4-5-17(13-19)16(3)25/h4-8,13,18H,9-12H2,1-3H3. The maximum Gasteiger partial charge on any atom is 0.274 e. The normalized spacial score (nSPS) is 16.1. The Labute approximate surface area is 180 Å². The Kier molecular flexibility index (Phi) is 5.65. The number of fused-ring (bicyclic) bond motifs is 1. The average Bonchev–Trinajstić information content (AvgIpc) is 3.16. The molecule has 1 aromatic heterocycles. The Bertz CT molecular complexity index is 1170. The molecule has 1 aliphatic rings. The second-order valence-corrected chi connectivity index (χ2v) is 10.6. The number of benzene rings is 2. The first-order valence-electron chi connectivity index (χ1n) is 9.90. The Morgan fingerprint density at radius 1 is 1.13 bits per heavy atom. The first-order chi connectivity index (χ1) is 14.3. The SMILES string of the molecule is CC(=O)c1cccc(S(=O)(=O)N2CCC(Oc3nc4c(C)ccc(C)c4s3)CC2)c1. The number of carbonyl (C=O) groups excluding carboxylic acids is 1. The summed E-state index contributed by atoms with van der Waals surface area (Å²) in [7, 11) is -3.63. The van der Waals surface area contributed by atoms with E-state index in [9.17, 15) is 13.2 Å². The van der Waals surface area contributed by atoms with E-state index < -0.39 is 10.0 Å². The highest BCUT2D eigenvalue weighted by atomic mass is 32.2. The molecular formula is C22H24N2O4S2. The van der Waals surface area contributed by atoms with Crippen LogP contribution in [0.3, 0.4) is 0 Å². The fourth-order valence-electron chi connectivity index (χ4n) is 3.65. The van der Waals surface area contributed by atoms with Crippen molar-refractivity contribution < 1.29 is 17.9 Å². The lowest BCUT2D eigenvalue weighted by atomic mass is 10.1. The van der Waals surface area contributed by atoms with Gasteiger partial charge in [-0.15, -0.1) is 0 Å². The van der Waals surface area contributed by atoms with Crippen molar-refractivity contribution in [3.05, 3.63) is 53.1 Å². The Morgan fingerprint density at radius 2 is 1.83 bits per heavy atom. The van der Waals surface area contributed by atoms with Crippen molar-refractivity contribution in [3.63, 3.8) is 0 Å². The van der Waals surface area contributed by atoms with E-state index in [2.05, 4.69) is 24.0 Å². The largest absolute Gasteiger partial charge is 0.467 e. The predicted octanol–water partition coefficient (Wildman–Crippen LogP) is 4.35. The van der Waals surface area contributed by atoms with Crippen molar-refractivity contribution in [2.24, 2.45) is 0 Å². The second-order valence-electron chi connectivity index (χ2n) is 7.66. The maximum atomic E-state index is 13.0. The zero-order valence-electron chi connectivity index (χ0n) is 17.2. The minimum Gasteiger partial charge on any atom is -0.467 e. The molecule has 0 N–H and O–H groups in total. The zero-order valence-corrected chi connectivity index (χ0v) is 18.8. The van der Waals surface area contributed by atoms with E-state index >= 15 is 0 Å². The van der Waals surface area contributed by atoms with E-state index in [0.717, 1.165) is 15.8 Å². The van der Waals surface area contributed by atoms with E-state index in [0.29, 0.717) is 36.7 Å². The van der Waals surface area contributed by atoms with Crippen molar-refractivity contribution in [3.8, 4) is 5.19 Å². The second kappa shape index (κ2) is 8.09. The molecule has 0 radical (unpaired) electrons. The van der Waals surface area contributed by atoms with Gasteiger partial charge in [-0.25, -0.2) is 13.4 Å². The topological polar surface area (TPSA) is 76.6 Å². The minimum atomic E-state index is -3.63. The van der Waals surface area contributed by atoms with Gasteiger partial charge in [0.05, 0.1) is 15.1 Å². The number of sulfonamides is 1. The first kappa shape index (κ1) is 21.0. The molecule has 0 saturated carbocycles. The van der Waals surface area contributed by atoms with Crippen LogP contribution in [0.5, 0.6) is 5.19 Å². The molecular weight excluding hydrogens is 420 g/mol. The smallest absolute Gasteiger partial charge is 0.274 e. The molecule has 3 aromatic rings. The summed E-state index contributed by atoms with van der Waals surface area (Å²) in [6.45, 7) is 6.28. The number of rotatable bonds is 5. The van der Waals surface area contributed by atoms with E-state index in [4.69, 9.17) is 4.74 Å². The summed E-state index contributed by atoms with van der Waals surface area (Å²) in [4.78, 5) is 16.4. The minimum absolute atomic E-state index is 0.0684. The van der Waals surface area contributed by atoms with Crippen molar-refractivity contribution >= 4 is 37.4 Å². The van der Waals surface area contributed by atoms with Crippen LogP contribution < -0.4 is 4.74 Å². The Hall–Kier alpha value is -2.29. The number of carbonyl (C=O) groups is 1. The number of nitrogens with zero attached hydrogens (tertiary/aromatic N) is 2. The van der Waals surface area contributed by atoms with Gasteiger partial charge in [-0.1, -0.05) is 35.6 Å². The Morgan fingerprint density at radius 3 is 2.50 bits per heavy atom. The van der Waals surface area contributed by atoms with Crippen molar-refractivity contribution in [1.29, 1.82) is 0 Å². The van der Waals surface area contributed by atoms with Crippen molar-refractivity contribution in [1.82, 2.24) is 9.29 Å². The number of aryl methyl sites for hydroxylation is 2. The molecule has 4 rings (SSSR count). The highest BCUT2D eigenvalue weighted by molar-refractivity contribution is 7.89. The number of ether oxygens (including phenoxy) is 1. The van der Waals surface area contributed by atoms with Crippen LogP contribution in [0, 0.1) is 13.8 Å². The highest BCUT2D eigenvalue weighted by Crippen LogP contribution is 2.34. The van der Waals surface area contributed by atoms with Crippen molar-refractivity contribution in [2.45, 2.75) is 44.6 Å². The summed E-state index contributed by atoms with van der Waals surface area (Å²) < 4.78 is 34.7. The number of Topliss-reactive ketones (excluding diaryl/α,β-unsaturated/α-hetero) is 1. The van der Waals surface area contributed by atoms with E-state index in [1.807, 2.05) is 6.92 Å². The first-order valence-corrected chi connectivity index (χ1v) is 12.2. The number of hydrogen-bond donors (Lipinski definition) is 0. The van der Waals surface area contributed by atoms with Gasteiger partial charge in [0.2, 0.25) is 10.0 Å². The molecule has 30 heavy (non-hydrogen) atoms. The average molecular weight is 445 g/mol. The van der Waals surface area contributed by atoms with Crippen LogP contribution in [0.2, 0.25) is 0 Å². The summed E-state index contributed by atoms with van der Waals surface area (Å²) in [5, 5.41) is 0.637. The molecule has 0 aliphatic carbocycles. The van der Waals surface area contributed by atoms with Crippen LogP contribution >= 0.6 is 11.3 Å². The summed E-state index contributed by atoms with van der Waals surface area (Å²) in [6, 6.07) is 10.4. The summed E-state index contributed by atoms with van der Waals surface area (Å²) in [6.07, 6.45) is 1.13. The molecule has 0 atom stereocenters. The Balaban J connectivity index is 1.45. The third-order valence-electron chi connectivity index (χ3n) is 5.47. The molecule has 0 spiro atoms. The number of aromatic nitrogens is 1. The number of thiazole rings is 1. The quantitative estimate of drug-likeness (QED) is 0.547. The molecule has 1 fully saturated rings. The van der Waals surface area contributed by atoms with Gasteiger partial charge in [0.25, 0.3) is 5.19 Å². The maximum absolute atomic E-state index is 13.0. The van der Waals surface area contributed by atoms with Crippen LogP contribution in [-0.2, 0) is 10.0 Å². The molecule has 1 saturated heterocycles. The highest BCUT2D eigenvalue weighted by Gasteiger charge is 2.31. The van der Waals surface area contributed by atoms with Crippen LogP contribution in [0.1, 0.15) is 41.3 Å². The summed E-state index contributed by atoms with van der Waals surface area (Å²) in [5.41, 5.74) is 3.67. The monoisotopic (exact) mass is 444 g/mol. The summed E-state index contributed by atoms with van der Waals surface area (Å²) in [5.74, 6) is -0.152. The molecule has 0 unspecified atom stereocenters. The molecule has 0 amide bonds. The predicted molar refractivity (Wildman–Crippen MR) is 118 cm³/mol. The molecule has 1 aliphatic heterocycles. The van der Waals surface area contributed by atoms with Gasteiger partial charge >= 0.3 is 0 Å². The van der Waals surface area contributed by atoms with Crippen molar-refractivity contribution in [2.75, 3.05) is 13.1 Å². The van der Waals surface area contributed by atoms with Crippen LogP contribution in [0.4, 0.5) is 0 Å². The molecule has 8 heteroatoms. The van der Waals surface area contributed by atoms with Gasteiger partial charge < -0.3 is 4.74 Å². The molecule has 6 nitrogen and oxygen atoms in total. The number of hydrogen-bond acceptors (Lipinski definition) is 6. The molecule has 2 heterocycles. The summed E-state index contributed by atoms with van der Waals surface area (Å²) >= 11 is 1.54. The van der Waals surface area contributed by atoms with Gasteiger partial charge in [0.15, 0.2) is 5.78 Å². The van der Waals surface area contributed by atoms with Crippen LogP contribution in [0.15, 0.2) is 41.3 Å². The number of piperidine rings is 1. The number of ketones is 1. The van der Waals surface area contributed by atoms with Gasteiger partial charge in [0.1, 0.15) is 6.10 Å². The lowest BCUT2D eigenvalue weighted by Crippen LogP contribution is -2.41. The van der Waals surface area contributed by atoms with Crippen LogP contribution in [0.25, 0.3) is 10.2 Å². The van der Waals surface area contributed by atoms with E-state index in [-0.39, 0.29) is 16.8 Å². The van der Waals surface area contributed by atoms with Gasteiger partial charge in [-0.2, -0.15) is 4.31 Å². The molecule has 158 valence electrons. The van der Waals surface area contributed by atoms with Gasteiger partial charge in [-0.05, 0) is 56.9 Å².